The van der Waals surface area contributed by atoms with Gasteiger partial charge in [-0.05, 0) is 53.1 Å². The molecule has 0 spiro atoms. The molecule has 4 heteroatoms. The molecule has 0 radical (unpaired) electrons. The topological polar surface area (TPSA) is 44.4 Å². The van der Waals surface area contributed by atoms with Gasteiger partial charge in [-0.2, -0.15) is 0 Å². The zero-order valence-electron chi connectivity index (χ0n) is 12.9. The van der Waals surface area contributed by atoms with Crippen molar-refractivity contribution in [3.63, 3.8) is 0 Å². The number of rotatable bonds is 9. The van der Waals surface area contributed by atoms with Crippen molar-refractivity contribution in [3.05, 3.63) is 0 Å². The van der Waals surface area contributed by atoms with Gasteiger partial charge in [-0.15, -0.1) is 0 Å². The summed E-state index contributed by atoms with van der Waals surface area (Å²) in [5.41, 5.74) is 0. The van der Waals surface area contributed by atoms with Gasteiger partial charge >= 0.3 is 0 Å². The summed E-state index contributed by atoms with van der Waals surface area (Å²) < 4.78 is 0. The van der Waals surface area contributed by atoms with Crippen molar-refractivity contribution in [1.82, 2.24) is 15.5 Å². The van der Waals surface area contributed by atoms with E-state index in [0.29, 0.717) is 18.6 Å². The maximum absolute atomic E-state index is 11.6. The van der Waals surface area contributed by atoms with Crippen molar-refractivity contribution >= 4 is 5.91 Å². The fraction of sp³-hybridized carbons (Fsp3) is 0.933. The number of carbonyl (C=O) groups excluding carboxylic acids is 1. The van der Waals surface area contributed by atoms with E-state index >= 15 is 0 Å². The third kappa shape index (κ3) is 7.53. The molecule has 0 aliphatic heterocycles. The number of hydrogen-bond donors (Lipinski definition) is 2. The van der Waals surface area contributed by atoms with Crippen LogP contribution in [0.4, 0.5) is 0 Å². The van der Waals surface area contributed by atoms with Gasteiger partial charge in [0.05, 0.1) is 6.54 Å². The van der Waals surface area contributed by atoms with Crippen LogP contribution in [0.5, 0.6) is 0 Å². The molecule has 0 atom stereocenters. The molecule has 112 valence electrons. The van der Waals surface area contributed by atoms with Gasteiger partial charge in [0.1, 0.15) is 0 Å². The summed E-state index contributed by atoms with van der Waals surface area (Å²) in [6.45, 7) is 6.80. The van der Waals surface area contributed by atoms with Gasteiger partial charge in [-0.3, -0.25) is 4.79 Å². The number of nitrogens with one attached hydrogen (secondary N) is 2. The summed E-state index contributed by atoms with van der Waals surface area (Å²) in [6.07, 6.45) is 7.28. The molecule has 0 aromatic carbocycles. The maximum Gasteiger partial charge on any atom is 0.233 e. The second kappa shape index (κ2) is 9.32. The van der Waals surface area contributed by atoms with E-state index in [-0.39, 0.29) is 5.91 Å². The van der Waals surface area contributed by atoms with E-state index < -0.39 is 0 Å². The van der Waals surface area contributed by atoms with Crippen LogP contribution in [0.3, 0.4) is 0 Å². The third-order valence-electron chi connectivity index (χ3n) is 4.05. The number of unbranched alkanes of at least 4 members (excludes halogenated alkanes) is 1. The molecule has 0 aromatic rings. The van der Waals surface area contributed by atoms with Crippen LogP contribution in [-0.2, 0) is 4.79 Å². The van der Waals surface area contributed by atoms with E-state index in [0.717, 1.165) is 25.9 Å². The largest absolute Gasteiger partial charge is 0.355 e. The highest BCUT2D eigenvalue weighted by molar-refractivity contribution is 5.77. The molecule has 1 aliphatic carbocycles. The Morgan fingerprint density at radius 3 is 2.58 bits per heavy atom. The van der Waals surface area contributed by atoms with E-state index in [4.69, 9.17) is 0 Å². The Labute approximate surface area is 118 Å². The first-order valence-electron chi connectivity index (χ1n) is 7.80. The molecule has 4 nitrogen and oxygen atoms in total. The Morgan fingerprint density at radius 1 is 1.26 bits per heavy atom. The lowest BCUT2D eigenvalue weighted by Gasteiger charge is -2.20. The first-order chi connectivity index (χ1) is 9.09. The minimum absolute atomic E-state index is 0.143. The smallest absolute Gasteiger partial charge is 0.233 e. The molecule has 2 N–H and O–H groups in total. The van der Waals surface area contributed by atoms with Crippen molar-refractivity contribution in [1.29, 1.82) is 0 Å². The zero-order valence-corrected chi connectivity index (χ0v) is 12.9. The van der Waals surface area contributed by atoms with Gasteiger partial charge < -0.3 is 15.5 Å². The molecular weight excluding hydrogens is 238 g/mol. The monoisotopic (exact) mass is 269 g/mol. The van der Waals surface area contributed by atoms with E-state index in [1.807, 2.05) is 0 Å². The average Bonchev–Trinajstić information content (AvgIpc) is 2.88. The molecular formula is C15H31N3O. The Balaban J connectivity index is 1.92. The molecule has 0 unspecified atom stereocenters. The molecule has 0 saturated heterocycles. The molecule has 19 heavy (non-hydrogen) atoms. The number of nitrogens with zero attached hydrogens (tertiary/aromatic N) is 1. The molecule has 0 bridgehead atoms. The molecule has 1 saturated carbocycles. The minimum Gasteiger partial charge on any atom is -0.355 e. The number of amides is 1. The van der Waals surface area contributed by atoms with Gasteiger partial charge in [-0.1, -0.05) is 12.8 Å². The van der Waals surface area contributed by atoms with E-state index in [2.05, 4.69) is 36.4 Å². The molecule has 0 heterocycles. The van der Waals surface area contributed by atoms with Crippen LogP contribution in [0.15, 0.2) is 0 Å². The fourth-order valence-electron chi connectivity index (χ4n) is 2.40. The summed E-state index contributed by atoms with van der Waals surface area (Å²) in [5.74, 6) is 0.143. The lowest BCUT2D eigenvalue weighted by molar-refractivity contribution is -0.120. The van der Waals surface area contributed by atoms with E-state index in [9.17, 15) is 4.79 Å². The standard InChI is InChI=1S/C15H31N3O/c1-13(2)18(3)11-7-6-10-16-15(19)12-17-14-8-4-5-9-14/h13-14,17H,4-12H2,1-3H3,(H,16,19). The predicted molar refractivity (Wildman–Crippen MR) is 80.3 cm³/mol. The predicted octanol–water partition coefficient (Wildman–Crippen LogP) is 1.76. The van der Waals surface area contributed by atoms with Crippen molar-refractivity contribution in [2.24, 2.45) is 0 Å². The maximum atomic E-state index is 11.6. The van der Waals surface area contributed by atoms with E-state index in [1.165, 1.54) is 25.7 Å². The molecule has 1 fully saturated rings. The van der Waals surface area contributed by atoms with Crippen LogP contribution in [0.25, 0.3) is 0 Å². The molecule has 1 amide bonds. The van der Waals surface area contributed by atoms with Gasteiger partial charge in [0.25, 0.3) is 0 Å². The van der Waals surface area contributed by atoms with Crippen molar-refractivity contribution < 1.29 is 4.79 Å². The van der Waals surface area contributed by atoms with Crippen molar-refractivity contribution in [3.8, 4) is 0 Å². The number of hydrogen-bond acceptors (Lipinski definition) is 3. The second-order valence-electron chi connectivity index (χ2n) is 5.99. The summed E-state index contributed by atoms with van der Waals surface area (Å²) in [6, 6.07) is 1.18. The highest BCUT2D eigenvalue weighted by atomic mass is 16.1. The number of carbonyl (C=O) groups is 1. The highest BCUT2D eigenvalue weighted by Crippen LogP contribution is 2.17. The fourth-order valence-corrected chi connectivity index (χ4v) is 2.40. The minimum atomic E-state index is 0.143. The summed E-state index contributed by atoms with van der Waals surface area (Å²) in [7, 11) is 2.15. The van der Waals surface area contributed by atoms with Crippen LogP contribution in [-0.4, -0.2) is 49.6 Å². The summed E-state index contributed by atoms with van der Waals surface area (Å²) in [4.78, 5) is 14.0. The van der Waals surface area contributed by atoms with E-state index in [1.54, 1.807) is 0 Å². The van der Waals surface area contributed by atoms with Crippen molar-refractivity contribution in [2.75, 3.05) is 26.7 Å². The summed E-state index contributed by atoms with van der Waals surface area (Å²) in [5, 5.41) is 6.32. The Morgan fingerprint density at radius 2 is 1.95 bits per heavy atom. The van der Waals surface area contributed by atoms with Gasteiger partial charge in [0.2, 0.25) is 5.91 Å². The molecule has 1 aliphatic rings. The Bertz CT molecular complexity index is 250. The van der Waals surface area contributed by atoms with Gasteiger partial charge in [0.15, 0.2) is 0 Å². The van der Waals surface area contributed by atoms with Crippen LogP contribution in [0, 0.1) is 0 Å². The van der Waals surface area contributed by atoms with Crippen LogP contribution in [0.2, 0.25) is 0 Å². The zero-order chi connectivity index (χ0) is 14.1. The van der Waals surface area contributed by atoms with Gasteiger partial charge in [-0.25, -0.2) is 0 Å². The first-order valence-corrected chi connectivity index (χ1v) is 7.80. The van der Waals surface area contributed by atoms with Crippen molar-refractivity contribution in [2.45, 2.75) is 64.5 Å². The lowest BCUT2D eigenvalue weighted by Crippen LogP contribution is -2.38. The van der Waals surface area contributed by atoms with Crippen LogP contribution < -0.4 is 10.6 Å². The molecule has 0 aromatic heterocycles. The average molecular weight is 269 g/mol. The summed E-state index contributed by atoms with van der Waals surface area (Å²) >= 11 is 0. The Hall–Kier alpha value is -0.610. The Kier molecular flexibility index (Phi) is 8.07. The first kappa shape index (κ1) is 16.4. The quantitative estimate of drug-likeness (QED) is 0.627. The third-order valence-corrected chi connectivity index (χ3v) is 4.05. The van der Waals surface area contributed by atoms with Crippen LogP contribution >= 0.6 is 0 Å². The van der Waals surface area contributed by atoms with Crippen LogP contribution in [0.1, 0.15) is 52.4 Å². The normalized spacial score (nSPS) is 16.5. The SMILES string of the molecule is CC(C)N(C)CCCCNC(=O)CNC1CCCC1. The van der Waals surface area contributed by atoms with Gasteiger partial charge in [0, 0.05) is 18.6 Å². The molecule has 1 rings (SSSR count). The second-order valence-corrected chi connectivity index (χ2v) is 5.99. The highest BCUT2D eigenvalue weighted by Gasteiger charge is 2.14. The lowest BCUT2D eigenvalue weighted by atomic mass is 10.2.